The van der Waals surface area contributed by atoms with Gasteiger partial charge in [0.15, 0.2) is 0 Å². The quantitative estimate of drug-likeness (QED) is 0.809. The largest absolute Gasteiger partial charge is 0.373 e. The first kappa shape index (κ1) is 13.6. The van der Waals surface area contributed by atoms with E-state index in [1.807, 2.05) is 0 Å². The van der Waals surface area contributed by atoms with Crippen molar-refractivity contribution in [3.8, 4) is 0 Å². The van der Waals surface area contributed by atoms with Gasteiger partial charge in [0, 0.05) is 13.1 Å². The molecule has 0 aliphatic carbocycles. The van der Waals surface area contributed by atoms with Crippen LogP contribution in [-0.4, -0.2) is 36.7 Å². The molecule has 0 unspecified atom stereocenters. The number of hydrogen-bond donors (Lipinski definition) is 0. The Bertz CT molecular complexity index is 341. The summed E-state index contributed by atoms with van der Waals surface area (Å²) >= 11 is 0. The maximum absolute atomic E-state index is 5.77. The first-order chi connectivity index (χ1) is 8.65. The molecule has 18 heavy (non-hydrogen) atoms. The summed E-state index contributed by atoms with van der Waals surface area (Å²) in [6, 6.07) is 10.8. The Morgan fingerprint density at radius 3 is 2.39 bits per heavy atom. The summed E-state index contributed by atoms with van der Waals surface area (Å²) in [4.78, 5) is 2.54. The Hall–Kier alpha value is -0.860. The smallest absolute Gasteiger partial charge is 0.0678 e. The van der Waals surface area contributed by atoms with Gasteiger partial charge in [-0.1, -0.05) is 37.3 Å². The molecule has 0 bridgehead atoms. The van der Waals surface area contributed by atoms with Crippen LogP contribution in [0.25, 0.3) is 0 Å². The monoisotopic (exact) mass is 247 g/mol. The molecule has 1 aromatic rings. The van der Waals surface area contributed by atoms with E-state index in [0.29, 0.717) is 18.1 Å². The van der Waals surface area contributed by atoms with E-state index in [1.165, 1.54) is 18.5 Å². The van der Waals surface area contributed by atoms with Crippen molar-refractivity contribution in [2.24, 2.45) is 0 Å². The van der Waals surface area contributed by atoms with Crippen molar-refractivity contribution < 1.29 is 4.74 Å². The molecule has 0 radical (unpaired) electrons. The number of morpholine rings is 1. The maximum Gasteiger partial charge on any atom is 0.0678 e. The number of benzene rings is 1. The van der Waals surface area contributed by atoms with Crippen molar-refractivity contribution in [2.75, 3.05) is 19.6 Å². The molecule has 2 heteroatoms. The lowest BCUT2D eigenvalue weighted by Crippen LogP contribution is -2.45. The van der Waals surface area contributed by atoms with Crippen LogP contribution in [0, 0.1) is 0 Å². The third-order valence-corrected chi connectivity index (χ3v) is 3.74. The van der Waals surface area contributed by atoms with Gasteiger partial charge in [0.2, 0.25) is 0 Å². The number of rotatable bonds is 4. The van der Waals surface area contributed by atoms with Crippen LogP contribution in [0.5, 0.6) is 0 Å². The molecule has 3 atom stereocenters. The lowest BCUT2D eigenvalue weighted by atomic mass is 9.97. The van der Waals surface area contributed by atoms with Gasteiger partial charge in [0.1, 0.15) is 0 Å². The molecule has 100 valence electrons. The summed E-state index contributed by atoms with van der Waals surface area (Å²) in [5.74, 6) is 0.639. The minimum absolute atomic E-state index is 0.376. The molecule has 1 aliphatic rings. The van der Waals surface area contributed by atoms with Gasteiger partial charge in [-0.15, -0.1) is 0 Å². The van der Waals surface area contributed by atoms with Gasteiger partial charge in [0.05, 0.1) is 12.2 Å². The minimum atomic E-state index is 0.376. The first-order valence-electron chi connectivity index (χ1n) is 7.08. The minimum Gasteiger partial charge on any atom is -0.373 e. The van der Waals surface area contributed by atoms with Gasteiger partial charge >= 0.3 is 0 Å². The average molecular weight is 247 g/mol. The number of ether oxygens (including phenoxy) is 1. The second-order valence-electron chi connectivity index (χ2n) is 5.62. The zero-order valence-electron chi connectivity index (χ0n) is 11.8. The van der Waals surface area contributed by atoms with Crippen molar-refractivity contribution in [3.05, 3.63) is 35.9 Å². The maximum atomic E-state index is 5.77. The van der Waals surface area contributed by atoms with E-state index in [4.69, 9.17) is 4.74 Å². The topological polar surface area (TPSA) is 12.5 Å². The number of nitrogens with zero attached hydrogens (tertiary/aromatic N) is 1. The molecule has 0 N–H and O–H groups in total. The second-order valence-corrected chi connectivity index (χ2v) is 5.62. The highest BCUT2D eigenvalue weighted by atomic mass is 16.5. The average Bonchev–Trinajstić information content (AvgIpc) is 2.36. The molecule has 2 rings (SSSR count). The van der Waals surface area contributed by atoms with Crippen molar-refractivity contribution in [1.29, 1.82) is 0 Å². The molecule has 1 aromatic carbocycles. The Morgan fingerprint density at radius 2 is 1.78 bits per heavy atom. The van der Waals surface area contributed by atoms with E-state index in [0.717, 1.165) is 13.1 Å². The lowest BCUT2D eigenvalue weighted by molar-refractivity contribution is -0.0683. The molecular formula is C16H25NO. The van der Waals surface area contributed by atoms with Crippen LogP contribution < -0.4 is 0 Å². The van der Waals surface area contributed by atoms with E-state index < -0.39 is 0 Å². The van der Waals surface area contributed by atoms with Crippen LogP contribution in [0.4, 0.5) is 0 Å². The highest BCUT2D eigenvalue weighted by Crippen LogP contribution is 2.20. The summed E-state index contributed by atoms with van der Waals surface area (Å²) < 4.78 is 5.77. The fourth-order valence-electron chi connectivity index (χ4n) is 2.79. The van der Waals surface area contributed by atoms with Gasteiger partial charge in [-0.25, -0.2) is 0 Å². The van der Waals surface area contributed by atoms with E-state index in [9.17, 15) is 0 Å². The van der Waals surface area contributed by atoms with Crippen molar-refractivity contribution in [2.45, 2.75) is 45.3 Å². The Balaban J connectivity index is 1.81. The van der Waals surface area contributed by atoms with Crippen molar-refractivity contribution >= 4 is 0 Å². The molecule has 0 saturated carbocycles. The van der Waals surface area contributed by atoms with Gasteiger partial charge in [-0.3, -0.25) is 4.90 Å². The van der Waals surface area contributed by atoms with Crippen molar-refractivity contribution in [1.82, 2.24) is 4.90 Å². The molecule has 1 aliphatic heterocycles. The van der Waals surface area contributed by atoms with Gasteiger partial charge in [0.25, 0.3) is 0 Å². The predicted octanol–water partition coefficient (Wildman–Crippen LogP) is 3.29. The third kappa shape index (κ3) is 3.82. The van der Waals surface area contributed by atoms with Gasteiger partial charge in [-0.05, 0) is 38.3 Å². The summed E-state index contributed by atoms with van der Waals surface area (Å²) in [6.45, 7) is 9.99. The zero-order chi connectivity index (χ0) is 13.0. The number of hydrogen-bond acceptors (Lipinski definition) is 2. The van der Waals surface area contributed by atoms with Crippen molar-refractivity contribution in [3.63, 3.8) is 0 Å². The second kappa shape index (κ2) is 6.35. The van der Waals surface area contributed by atoms with E-state index in [2.05, 4.69) is 56.0 Å². The molecule has 2 nitrogen and oxygen atoms in total. The van der Waals surface area contributed by atoms with E-state index in [-0.39, 0.29) is 0 Å². The summed E-state index contributed by atoms with van der Waals surface area (Å²) in [5, 5.41) is 0. The molecule has 0 aromatic heterocycles. The molecule has 1 saturated heterocycles. The van der Waals surface area contributed by atoms with Gasteiger partial charge in [-0.2, -0.15) is 0 Å². The Labute approximate surface area is 111 Å². The van der Waals surface area contributed by atoms with Crippen LogP contribution in [0.15, 0.2) is 30.3 Å². The zero-order valence-corrected chi connectivity index (χ0v) is 11.8. The fraction of sp³-hybridized carbons (Fsp3) is 0.625. The predicted molar refractivity (Wildman–Crippen MR) is 75.9 cm³/mol. The normalized spacial score (nSPS) is 27.1. The van der Waals surface area contributed by atoms with E-state index in [1.54, 1.807) is 0 Å². The SMILES string of the molecule is C[C@H]1CN(CC[C@H](C)c2ccccc2)C[C@H](C)O1. The summed E-state index contributed by atoms with van der Waals surface area (Å²) in [5.41, 5.74) is 1.45. The Kier molecular flexibility index (Phi) is 4.79. The highest BCUT2D eigenvalue weighted by Gasteiger charge is 2.22. The molecular weight excluding hydrogens is 222 g/mol. The fourth-order valence-corrected chi connectivity index (χ4v) is 2.79. The molecule has 1 fully saturated rings. The van der Waals surface area contributed by atoms with Crippen LogP contribution in [0.2, 0.25) is 0 Å². The summed E-state index contributed by atoms with van der Waals surface area (Å²) in [7, 11) is 0. The van der Waals surface area contributed by atoms with E-state index >= 15 is 0 Å². The third-order valence-electron chi connectivity index (χ3n) is 3.74. The first-order valence-corrected chi connectivity index (χ1v) is 7.08. The van der Waals surface area contributed by atoms with Gasteiger partial charge < -0.3 is 4.74 Å². The van der Waals surface area contributed by atoms with Crippen LogP contribution in [0.1, 0.15) is 38.7 Å². The van der Waals surface area contributed by atoms with Crippen LogP contribution in [-0.2, 0) is 4.74 Å². The summed E-state index contributed by atoms with van der Waals surface area (Å²) in [6.07, 6.45) is 1.98. The lowest BCUT2D eigenvalue weighted by Gasteiger charge is -2.35. The standard InChI is InChI=1S/C16H25NO/c1-13(16-7-5-4-6-8-16)9-10-17-11-14(2)18-15(3)12-17/h4-8,13-15H,9-12H2,1-3H3/t13-,14-,15-/m0/s1. The van der Waals surface area contributed by atoms with Crippen LogP contribution in [0.3, 0.4) is 0 Å². The Morgan fingerprint density at radius 1 is 1.17 bits per heavy atom. The van der Waals surface area contributed by atoms with Crippen LogP contribution >= 0.6 is 0 Å². The molecule has 0 amide bonds. The highest BCUT2D eigenvalue weighted by molar-refractivity contribution is 5.18. The molecule has 0 spiro atoms. The molecule has 1 heterocycles.